The van der Waals surface area contributed by atoms with Crippen LogP contribution in [0.3, 0.4) is 0 Å². The SMILES string of the molecule is O=S(=O)(NCc1ccccc1F)c1ccc(CCO)cc1. The first-order valence-electron chi connectivity index (χ1n) is 6.46. The highest BCUT2D eigenvalue weighted by Gasteiger charge is 2.14. The van der Waals surface area contributed by atoms with E-state index in [-0.39, 0.29) is 23.6 Å². The van der Waals surface area contributed by atoms with Crippen LogP contribution in [0.5, 0.6) is 0 Å². The van der Waals surface area contributed by atoms with Crippen LogP contribution < -0.4 is 4.72 Å². The Morgan fingerprint density at radius 3 is 2.33 bits per heavy atom. The van der Waals surface area contributed by atoms with Gasteiger partial charge in [-0.3, -0.25) is 0 Å². The fourth-order valence-corrected chi connectivity index (χ4v) is 2.87. The van der Waals surface area contributed by atoms with Gasteiger partial charge in [-0.1, -0.05) is 30.3 Å². The monoisotopic (exact) mass is 309 g/mol. The molecule has 2 aromatic rings. The minimum atomic E-state index is -3.69. The van der Waals surface area contributed by atoms with Crippen LogP contribution in [0.2, 0.25) is 0 Å². The fraction of sp³-hybridized carbons (Fsp3) is 0.200. The Balaban J connectivity index is 2.09. The minimum Gasteiger partial charge on any atom is -0.396 e. The summed E-state index contributed by atoms with van der Waals surface area (Å²) in [5, 5.41) is 8.82. The fourth-order valence-electron chi connectivity index (χ4n) is 1.86. The molecule has 0 spiro atoms. The second kappa shape index (κ2) is 6.80. The molecule has 0 atom stereocenters. The molecule has 2 N–H and O–H groups in total. The molecular weight excluding hydrogens is 293 g/mol. The molecule has 0 aliphatic heterocycles. The molecule has 0 amide bonds. The normalized spacial score (nSPS) is 11.5. The van der Waals surface area contributed by atoms with Gasteiger partial charge in [-0.25, -0.2) is 17.5 Å². The number of sulfonamides is 1. The Hall–Kier alpha value is -1.76. The predicted octanol–water partition coefficient (Wildman–Crippen LogP) is 1.84. The van der Waals surface area contributed by atoms with E-state index in [4.69, 9.17) is 5.11 Å². The number of nitrogens with one attached hydrogen (secondary N) is 1. The largest absolute Gasteiger partial charge is 0.396 e. The van der Waals surface area contributed by atoms with Gasteiger partial charge in [0.15, 0.2) is 0 Å². The topological polar surface area (TPSA) is 66.4 Å². The van der Waals surface area contributed by atoms with E-state index in [0.717, 1.165) is 5.56 Å². The molecule has 2 rings (SSSR count). The van der Waals surface area contributed by atoms with Crippen molar-refractivity contribution in [2.45, 2.75) is 17.9 Å². The van der Waals surface area contributed by atoms with Crippen molar-refractivity contribution in [2.75, 3.05) is 6.61 Å². The number of aliphatic hydroxyl groups is 1. The molecule has 112 valence electrons. The highest BCUT2D eigenvalue weighted by Crippen LogP contribution is 2.12. The van der Waals surface area contributed by atoms with Crippen molar-refractivity contribution in [1.29, 1.82) is 0 Å². The molecule has 0 heterocycles. The van der Waals surface area contributed by atoms with E-state index in [1.165, 1.54) is 24.3 Å². The van der Waals surface area contributed by atoms with Gasteiger partial charge >= 0.3 is 0 Å². The van der Waals surface area contributed by atoms with Gasteiger partial charge in [0, 0.05) is 18.7 Å². The zero-order valence-electron chi connectivity index (χ0n) is 11.3. The number of hydrogen-bond donors (Lipinski definition) is 2. The lowest BCUT2D eigenvalue weighted by Gasteiger charge is -2.08. The molecule has 0 saturated carbocycles. The molecular formula is C15H16FNO3S. The summed E-state index contributed by atoms with van der Waals surface area (Å²) in [6.45, 7) is -0.0922. The number of aliphatic hydroxyl groups excluding tert-OH is 1. The van der Waals surface area contributed by atoms with Gasteiger partial charge in [-0.15, -0.1) is 0 Å². The van der Waals surface area contributed by atoms with Crippen molar-refractivity contribution >= 4 is 10.0 Å². The van der Waals surface area contributed by atoms with E-state index in [1.807, 2.05) is 0 Å². The molecule has 0 unspecified atom stereocenters. The number of halogens is 1. The van der Waals surface area contributed by atoms with E-state index in [0.29, 0.717) is 6.42 Å². The van der Waals surface area contributed by atoms with Crippen LogP contribution in [-0.2, 0) is 23.0 Å². The molecule has 4 nitrogen and oxygen atoms in total. The van der Waals surface area contributed by atoms with Gasteiger partial charge < -0.3 is 5.11 Å². The highest BCUT2D eigenvalue weighted by atomic mass is 32.2. The van der Waals surface area contributed by atoms with E-state index >= 15 is 0 Å². The smallest absolute Gasteiger partial charge is 0.240 e. The lowest BCUT2D eigenvalue weighted by molar-refractivity contribution is 0.299. The summed E-state index contributed by atoms with van der Waals surface area (Å²) in [4.78, 5) is 0.112. The zero-order valence-corrected chi connectivity index (χ0v) is 12.1. The van der Waals surface area contributed by atoms with Crippen molar-refractivity contribution in [3.8, 4) is 0 Å². The first-order valence-corrected chi connectivity index (χ1v) is 7.94. The first-order chi connectivity index (χ1) is 10.0. The van der Waals surface area contributed by atoms with Crippen molar-refractivity contribution < 1.29 is 17.9 Å². The molecule has 0 aliphatic rings. The molecule has 2 aromatic carbocycles. The summed E-state index contributed by atoms with van der Waals surface area (Å²) in [6, 6.07) is 12.2. The second-order valence-electron chi connectivity index (χ2n) is 4.53. The summed E-state index contributed by atoms with van der Waals surface area (Å²) < 4.78 is 40.0. The number of benzene rings is 2. The number of rotatable bonds is 6. The Labute approximate surface area is 123 Å². The van der Waals surface area contributed by atoms with Crippen molar-refractivity contribution in [3.05, 3.63) is 65.5 Å². The maximum absolute atomic E-state index is 13.4. The minimum absolute atomic E-state index is 0.0115. The maximum atomic E-state index is 13.4. The summed E-state index contributed by atoms with van der Waals surface area (Å²) in [5.74, 6) is -0.446. The van der Waals surface area contributed by atoms with Gasteiger partial charge in [0.05, 0.1) is 4.90 Å². The van der Waals surface area contributed by atoms with Crippen molar-refractivity contribution in [1.82, 2.24) is 4.72 Å². The lowest BCUT2D eigenvalue weighted by atomic mass is 10.2. The maximum Gasteiger partial charge on any atom is 0.240 e. The third-order valence-electron chi connectivity index (χ3n) is 3.04. The summed E-state index contributed by atoms with van der Waals surface area (Å²) in [7, 11) is -3.69. The van der Waals surface area contributed by atoms with Crippen LogP contribution >= 0.6 is 0 Å². The second-order valence-corrected chi connectivity index (χ2v) is 6.30. The van der Waals surface area contributed by atoms with Gasteiger partial charge in [0.25, 0.3) is 0 Å². The first kappa shape index (κ1) is 15.6. The number of hydrogen-bond acceptors (Lipinski definition) is 3. The van der Waals surface area contributed by atoms with E-state index < -0.39 is 15.8 Å². The van der Waals surface area contributed by atoms with Crippen LogP contribution in [0, 0.1) is 5.82 Å². The Kier molecular flexibility index (Phi) is 5.06. The van der Waals surface area contributed by atoms with Gasteiger partial charge in [0.2, 0.25) is 10.0 Å². The molecule has 0 radical (unpaired) electrons. The van der Waals surface area contributed by atoms with Gasteiger partial charge in [0.1, 0.15) is 5.82 Å². The summed E-state index contributed by atoms with van der Waals surface area (Å²) in [6.07, 6.45) is 0.475. The van der Waals surface area contributed by atoms with Crippen molar-refractivity contribution in [2.24, 2.45) is 0 Å². The summed E-state index contributed by atoms with van der Waals surface area (Å²) >= 11 is 0. The lowest BCUT2D eigenvalue weighted by Crippen LogP contribution is -2.23. The third kappa shape index (κ3) is 4.10. The van der Waals surface area contributed by atoms with Crippen LogP contribution in [0.4, 0.5) is 4.39 Å². The van der Waals surface area contributed by atoms with Gasteiger partial charge in [-0.2, -0.15) is 0 Å². The van der Waals surface area contributed by atoms with Crippen molar-refractivity contribution in [3.63, 3.8) is 0 Å². The molecule has 0 aliphatic carbocycles. The van der Waals surface area contributed by atoms with E-state index in [2.05, 4.69) is 4.72 Å². The van der Waals surface area contributed by atoms with Crippen LogP contribution in [0.25, 0.3) is 0 Å². The Bertz CT molecular complexity index is 699. The van der Waals surface area contributed by atoms with Crippen LogP contribution in [0.1, 0.15) is 11.1 Å². The van der Waals surface area contributed by atoms with E-state index in [9.17, 15) is 12.8 Å². The molecule has 0 fully saturated rings. The third-order valence-corrected chi connectivity index (χ3v) is 4.46. The van der Waals surface area contributed by atoms with Crippen LogP contribution in [0.15, 0.2) is 53.4 Å². The Morgan fingerprint density at radius 2 is 1.71 bits per heavy atom. The Morgan fingerprint density at radius 1 is 1.05 bits per heavy atom. The zero-order chi connectivity index (χ0) is 15.3. The molecule has 0 bridgehead atoms. The van der Waals surface area contributed by atoms with Gasteiger partial charge in [-0.05, 0) is 30.2 Å². The molecule has 6 heteroatoms. The quantitative estimate of drug-likeness (QED) is 0.855. The van der Waals surface area contributed by atoms with Crippen LogP contribution in [-0.4, -0.2) is 20.1 Å². The highest BCUT2D eigenvalue weighted by molar-refractivity contribution is 7.89. The summed E-state index contributed by atoms with van der Waals surface area (Å²) in [5.41, 5.74) is 1.14. The van der Waals surface area contributed by atoms with E-state index in [1.54, 1.807) is 24.3 Å². The average molecular weight is 309 g/mol. The molecule has 21 heavy (non-hydrogen) atoms. The standard InChI is InChI=1S/C15H16FNO3S/c16-15-4-2-1-3-13(15)11-17-21(19,20)14-7-5-12(6-8-14)9-10-18/h1-8,17-18H,9-11H2. The molecule has 0 saturated heterocycles. The average Bonchev–Trinajstić information content (AvgIpc) is 2.47. The predicted molar refractivity (Wildman–Crippen MR) is 77.7 cm³/mol. The molecule has 0 aromatic heterocycles.